The minimum absolute atomic E-state index is 0.154. The number of ether oxygens (including phenoxy) is 1. The van der Waals surface area contributed by atoms with Gasteiger partial charge in [-0.3, -0.25) is 0 Å². The lowest BCUT2D eigenvalue weighted by molar-refractivity contribution is 0.0184. The van der Waals surface area contributed by atoms with Crippen LogP contribution in [0.4, 0.5) is 4.79 Å². The standard InChI is InChI=1S/C17H32N2O2/c1-17(2,3)21-16(20)19-11-8-15(9-12-19)13-18-10-7-14-5-4-6-14/h14-15,18H,4-13H2,1-3H3. The molecule has 2 aliphatic rings. The first kappa shape index (κ1) is 16.6. The summed E-state index contributed by atoms with van der Waals surface area (Å²) in [6.07, 6.45) is 7.70. The molecule has 0 atom stereocenters. The Kier molecular flexibility index (Phi) is 5.91. The van der Waals surface area contributed by atoms with E-state index in [-0.39, 0.29) is 6.09 Å². The highest BCUT2D eigenvalue weighted by Crippen LogP contribution is 2.28. The molecule has 0 bridgehead atoms. The number of nitrogens with zero attached hydrogens (tertiary/aromatic N) is 1. The molecule has 4 heteroatoms. The molecule has 1 saturated heterocycles. The second-order valence-electron chi connectivity index (χ2n) is 7.70. The van der Waals surface area contributed by atoms with Gasteiger partial charge in [-0.1, -0.05) is 19.3 Å². The summed E-state index contributed by atoms with van der Waals surface area (Å²) in [6, 6.07) is 0. The van der Waals surface area contributed by atoms with E-state index in [4.69, 9.17) is 4.74 Å². The van der Waals surface area contributed by atoms with Crippen molar-refractivity contribution in [2.24, 2.45) is 11.8 Å². The minimum atomic E-state index is -0.392. The van der Waals surface area contributed by atoms with Gasteiger partial charge in [0.15, 0.2) is 0 Å². The van der Waals surface area contributed by atoms with Gasteiger partial charge in [0.05, 0.1) is 0 Å². The first-order valence-corrected chi connectivity index (χ1v) is 8.63. The largest absolute Gasteiger partial charge is 0.444 e. The first-order valence-electron chi connectivity index (χ1n) is 8.63. The summed E-state index contributed by atoms with van der Waals surface area (Å²) >= 11 is 0. The van der Waals surface area contributed by atoms with Crippen LogP contribution >= 0.6 is 0 Å². The van der Waals surface area contributed by atoms with Crippen molar-refractivity contribution in [2.45, 2.75) is 64.9 Å². The van der Waals surface area contributed by atoms with E-state index in [0.29, 0.717) is 5.92 Å². The highest BCUT2D eigenvalue weighted by Gasteiger charge is 2.26. The number of hydrogen-bond acceptors (Lipinski definition) is 3. The van der Waals surface area contributed by atoms with Gasteiger partial charge < -0.3 is 15.0 Å². The molecule has 1 heterocycles. The number of hydrogen-bond donors (Lipinski definition) is 1. The summed E-state index contributed by atoms with van der Waals surface area (Å²) in [7, 11) is 0. The number of likely N-dealkylation sites (tertiary alicyclic amines) is 1. The van der Waals surface area contributed by atoms with Crippen molar-refractivity contribution in [1.82, 2.24) is 10.2 Å². The Morgan fingerprint density at radius 1 is 1.14 bits per heavy atom. The van der Waals surface area contributed by atoms with Gasteiger partial charge in [0.2, 0.25) is 0 Å². The molecular formula is C17H32N2O2. The van der Waals surface area contributed by atoms with Crippen LogP contribution in [0.1, 0.15) is 59.3 Å². The van der Waals surface area contributed by atoms with Crippen LogP contribution in [0.3, 0.4) is 0 Å². The lowest BCUT2D eigenvalue weighted by atomic mass is 9.83. The van der Waals surface area contributed by atoms with Gasteiger partial charge in [-0.2, -0.15) is 0 Å². The van der Waals surface area contributed by atoms with Crippen LogP contribution < -0.4 is 5.32 Å². The van der Waals surface area contributed by atoms with Crippen LogP contribution in [0.2, 0.25) is 0 Å². The van der Waals surface area contributed by atoms with E-state index in [9.17, 15) is 4.79 Å². The monoisotopic (exact) mass is 296 g/mol. The Hall–Kier alpha value is -0.770. The van der Waals surface area contributed by atoms with Crippen LogP contribution in [0.25, 0.3) is 0 Å². The summed E-state index contributed by atoms with van der Waals surface area (Å²) in [4.78, 5) is 13.8. The van der Waals surface area contributed by atoms with E-state index >= 15 is 0 Å². The molecule has 1 amide bonds. The van der Waals surface area contributed by atoms with E-state index in [2.05, 4.69) is 5.32 Å². The average molecular weight is 296 g/mol. The molecule has 0 aromatic carbocycles. The topological polar surface area (TPSA) is 41.6 Å². The molecule has 21 heavy (non-hydrogen) atoms. The Balaban J connectivity index is 1.56. The number of amides is 1. The Bertz CT molecular complexity index is 326. The average Bonchev–Trinajstić information content (AvgIpc) is 2.35. The summed E-state index contributed by atoms with van der Waals surface area (Å²) in [6.45, 7) is 9.70. The molecule has 1 N–H and O–H groups in total. The van der Waals surface area contributed by atoms with Crippen LogP contribution in [0.15, 0.2) is 0 Å². The molecular weight excluding hydrogens is 264 g/mol. The minimum Gasteiger partial charge on any atom is -0.444 e. The Morgan fingerprint density at radius 3 is 2.33 bits per heavy atom. The molecule has 2 rings (SSSR count). The second kappa shape index (κ2) is 7.48. The number of nitrogens with one attached hydrogen (secondary N) is 1. The first-order chi connectivity index (χ1) is 9.94. The van der Waals surface area contributed by atoms with Crippen molar-refractivity contribution in [1.29, 1.82) is 0 Å². The third kappa shape index (κ3) is 5.85. The molecule has 1 saturated carbocycles. The van der Waals surface area contributed by atoms with Crippen molar-refractivity contribution < 1.29 is 9.53 Å². The maximum atomic E-state index is 12.0. The van der Waals surface area contributed by atoms with Gasteiger partial charge in [-0.25, -0.2) is 4.79 Å². The highest BCUT2D eigenvalue weighted by atomic mass is 16.6. The van der Waals surface area contributed by atoms with Gasteiger partial charge in [0.25, 0.3) is 0 Å². The van der Waals surface area contributed by atoms with Crippen molar-refractivity contribution in [3.63, 3.8) is 0 Å². The van der Waals surface area contributed by atoms with E-state index in [1.807, 2.05) is 25.7 Å². The Labute approximate surface area is 129 Å². The zero-order valence-corrected chi connectivity index (χ0v) is 14.0. The fourth-order valence-corrected chi connectivity index (χ4v) is 3.04. The fourth-order valence-electron chi connectivity index (χ4n) is 3.04. The fraction of sp³-hybridized carbons (Fsp3) is 0.941. The summed E-state index contributed by atoms with van der Waals surface area (Å²) in [5.74, 6) is 1.71. The molecule has 0 aromatic rings. The molecule has 0 unspecified atom stereocenters. The molecule has 0 radical (unpaired) electrons. The van der Waals surface area contributed by atoms with Gasteiger partial charge in [-0.05, 0) is 65.0 Å². The lowest BCUT2D eigenvalue weighted by Crippen LogP contribution is -2.43. The SMILES string of the molecule is CC(C)(C)OC(=O)N1CCC(CNCCC2CCC2)CC1. The predicted octanol–water partition coefficient (Wildman–Crippen LogP) is 3.41. The van der Waals surface area contributed by atoms with Crippen molar-refractivity contribution >= 4 is 6.09 Å². The van der Waals surface area contributed by atoms with Crippen molar-refractivity contribution in [3.05, 3.63) is 0 Å². The third-order valence-electron chi connectivity index (χ3n) is 4.65. The quantitative estimate of drug-likeness (QED) is 0.790. The maximum absolute atomic E-state index is 12.0. The molecule has 1 aliphatic carbocycles. The van der Waals surface area contributed by atoms with Crippen molar-refractivity contribution in [2.75, 3.05) is 26.2 Å². The van der Waals surface area contributed by atoms with E-state index in [0.717, 1.165) is 44.9 Å². The zero-order valence-electron chi connectivity index (χ0n) is 14.0. The number of rotatable bonds is 5. The van der Waals surface area contributed by atoms with Gasteiger partial charge in [0, 0.05) is 13.1 Å². The molecule has 0 spiro atoms. The van der Waals surface area contributed by atoms with E-state index in [1.54, 1.807) is 0 Å². The van der Waals surface area contributed by atoms with Crippen molar-refractivity contribution in [3.8, 4) is 0 Å². The van der Waals surface area contributed by atoms with Crippen LogP contribution in [0.5, 0.6) is 0 Å². The molecule has 1 aliphatic heterocycles. The third-order valence-corrected chi connectivity index (χ3v) is 4.65. The molecule has 4 nitrogen and oxygen atoms in total. The number of carbonyl (C=O) groups is 1. The van der Waals surface area contributed by atoms with Gasteiger partial charge in [-0.15, -0.1) is 0 Å². The maximum Gasteiger partial charge on any atom is 0.410 e. The van der Waals surface area contributed by atoms with Crippen LogP contribution in [-0.2, 0) is 4.74 Å². The van der Waals surface area contributed by atoms with Crippen LogP contribution in [-0.4, -0.2) is 42.8 Å². The number of piperidine rings is 1. The second-order valence-corrected chi connectivity index (χ2v) is 7.70. The van der Waals surface area contributed by atoms with E-state index < -0.39 is 5.60 Å². The zero-order chi connectivity index (χ0) is 15.3. The molecule has 122 valence electrons. The molecule has 0 aromatic heterocycles. The lowest BCUT2D eigenvalue weighted by Gasteiger charge is -2.33. The van der Waals surface area contributed by atoms with Gasteiger partial charge >= 0.3 is 6.09 Å². The highest BCUT2D eigenvalue weighted by molar-refractivity contribution is 5.68. The predicted molar refractivity (Wildman–Crippen MR) is 85.4 cm³/mol. The summed E-state index contributed by atoms with van der Waals surface area (Å²) in [5, 5.41) is 3.60. The Morgan fingerprint density at radius 2 is 1.81 bits per heavy atom. The smallest absolute Gasteiger partial charge is 0.410 e. The van der Waals surface area contributed by atoms with Gasteiger partial charge in [0.1, 0.15) is 5.60 Å². The number of carbonyl (C=O) groups excluding carboxylic acids is 1. The normalized spacial score (nSPS) is 21.2. The summed E-state index contributed by atoms with van der Waals surface area (Å²) < 4.78 is 5.43. The molecule has 2 fully saturated rings. The summed E-state index contributed by atoms with van der Waals surface area (Å²) in [5.41, 5.74) is -0.392. The van der Waals surface area contributed by atoms with Crippen LogP contribution in [0, 0.1) is 11.8 Å². The van der Waals surface area contributed by atoms with E-state index in [1.165, 1.54) is 25.7 Å².